The second-order valence-electron chi connectivity index (χ2n) is 9.54. The lowest BCUT2D eigenvalue weighted by Gasteiger charge is -2.26. The van der Waals surface area contributed by atoms with Crippen LogP contribution in [0.15, 0.2) is 54.6 Å². The Balaban J connectivity index is 1.46. The first-order valence-corrected chi connectivity index (χ1v) is 13.0. The zero-order chi connectivity index (χ0) is 27.9. The highest BCUT2D eigenvalue weighted by Gasteiger charge is 2.25. The molecule has 4 rings (SSSR count). The van der Waals surface area contributed by atoms with E-state index < -0.39 is 17.9 Å². The molecule has 39 heavy (non-hydrogen) atoms. The minimum atomic E-state index is -0.846. The third kappa shape index (κ3) is 6.56. The first-order valence-electron chi connectivity index (χ1n) is 13.0. The van der Waals surface area contributed by atoms with Gasteiger partial charge in [0.2, 0.25) is 5.91 Å². The van der Waals surface area contributed by atoms with E-state index in [1.54, 1.807) is 18.2 Å². The predicted molar refractivity (Wildman–Crippen MR) is 152 cm³/mol. The van der Waals surface area contributed by atoms with Crippen LogP contribution in [-0.4, -0.2) is 36.7 Å². The van der Waals surface area contributed by atoms with Crippen LogP contribution in [0.4, 0.5) is 21.9 Å². The van der Waals surface area contributed by atoms with Crippen molar-refractivity contribution in [3.8, 4) is 5.75 Å². The molecule has 3 aromatic rings. The molecule has 0 fully saturated rings. The highest BCUT2D eigenvalue weighted by molar-refractivity contribution is 6.01. The van der Waals surface area contributed by atoms with E-state index in [1.165, 1.54) is 7.11 Å². The number of carboxylic acids is 1. The summed E-state index contributed by atoms with van der Waals surface area (Å²) >= 11 is 0. The minimum absolute atomic E-state index is 0.105. The number of benzene rings is 3. The van der Waals surface area contributed by atoms with Crippen LogP contribution in [0.5, 0.6) is 5.75 Å². The van der Waals surface area contributed by atoms with E-state index in [2.05, 4.69) is 21.3 Å². The number of methoxy groups -OCH3 is 1. The Labute approximate surface area is 228 Å². The number of carbonyl (C=O) groups excluding carboxylic acids is 2. The number of para-hydroxylation sites is 1. The summed E-state index contributed by atoms with van der Waals surface area (Å²) in [4.78, 5) is 37.3. The Morgan fingerprint density at radius 1 is 0.974 bits per heavy atom. The third-order valence-electron chi connectivity index (χ3n) is 6.95. The SMILES string of the molecule is CCC(C(=O)O)c1ccc(NC(=O)Cc2ccc(NC(=O)Nc3ccccc3C)c(OC)c2)c2c1CNCC2. The number of hydrogen-bond donors (Lipinski definition) is 5. The van der Waals surface area contributed by atoms with Gasteiger partial charge in [0.05, 0.1) is 25.1 Å². The molecule has 0 radical (unpaired) electrons. The molecule has 1 heterocycles. The maximum absolute atomic E-state index is 13.0. The second kappa shape index (κ2) is 12.4. The summed E-state index contributed by atoms with van der Waals surface area (Å²) in [5.41, 5.74) is 6.29. The van der Waals surface area contributed by atoms with Crippen LogP contribution in [-0.2, 0) is 29.0 Å². The molecule has 0 aliphatic carbocycles. The van der Waals surface area contributed by atoms with Crippen molar-refractivity contribution < 1.29 is 24.2 Å². The van der Waals surface area contributed by atoms with Crippen LogP contribution < -0.4 is 26.0 Å². The maximum atomic E-state index is 13.0. The largest absolute Gasteiger partial charge is 0.495 e. The van der Waals surface area contributed by atoms with Gasteiger partial charge in [-0.25, -0.2) is 4.79 Å². The molecule has 5 N–H and O–H groups in total. The molecule has 9 nitrogen and oxygen atoms in total. The summed E-state index contributed by atoms with van der Waals surface area (Å²) in [6, 6.07) is 15.9. The van der Waals surface area contributed by atoms with Crippen molar-refractivity contribution in [2.24, 2.45) is 0 Å². The van der Waals surface area contributed by atoms with Crippen LogP contribution >= 0.6 is 0 Å². The summed E-state index contributed by atoms with van der Waals surface area (Å²) in [6.07, 6.45) is 1.30. The number of anilines is 3. The van der Waals surface area contributed by atoms with Crippen molar-refractivity contribution in [1.29, 1.82) is 0 Å². The van der Waals surface area contributed by atoms with Gasteiger partial charge in [-0.3, -0.25) is 9.59 Å². The molecular formula is C30H34N4O5. The van der Waals surface area contributed by atoms with Gasteiger partial charge in [0.15, 0.2) is 0 Å². The van der Waals surface area contributed by atoms with E-state index in [9.17, 15) is 19.5 Å². The molecule has 3 aromatic carbocycles. The lowest BCUT2D eigenvalue weighted by molar-refractivity contribution is -0.138. The van der Waals surface area contributed by atoms with Gasteiger partial charge in [0.1, 0.15) is 5.75 Å². The number of aliphatic carboxylic acids is 1. The molecule has 1 aliphatic rings. The highest BCUT2D eigenvalue weighted by Crippen LogP contribution is 2.33. The van der Waals surface area contributed by atoms with E-state index in [1.807, 2.05) is 50.2 Å². The van der Waals surface area contributed by atoms with Crippen molar-refractivity contribution in [3.63, 3.8) is 0 Å². The Bertz CT molecular complexity index is 1390. The summed E-state index contributed by atoms with van der Waals surface area (Å²) in [6.45, 7) is 5.10. The van der Waals surface area contributed by atoms with Gasteiger partial charge in [0.25, 0.3) is 0 Å². The molecule has 0 saturated heterocycles. The number of carboxylic acid groups (broad SMARTS) is 1. The van der Waals surface area contributed by atoms with Crippen LogP contribution in [0.2, 0.25) is 0 Å². The summed E-state index contributed by atoms with van der Waals surface area (Å²) in [5.74, 6) is -1.19. The molecule has 1 aliphatic heterocycles. The fourth-order valence-electron chi connectivity index (χ4n) is 4.92. The van der Waals surface area contributed by atoms with E-state index in [0.717, 1.165) is 34.4 Å². The molecule has 0 saturated carbocycles. The number of rotatable bonds is 9. The summed E-state index contributed by atoms with van der Waals surface area (Å²) in [7, 11) is 1.51. The lowest BCUT2D eigenvalue weighted by atomic mass is 9.86. The molecular weight excluding hydrogens is 496 g/mol. The average Bonchev–Trinajstić information content (AvgIpc) is 2.92. The van der Waals surface area contributed by atoms with E-state index in [4.69, 9.17) is 4.74 Å². The van der Waals surface area contributed by atoms with Gasteiger partial charge in [-0.2, -0.15) is 0 Å². The lowest BCUT2D eigenvalue weighted by Crippen LogP contribution is -2.28. The van der Waals surface area contributed by atoms with E-state index in [0.29, 0.717) is 42.2 Å². The molecule has 0 spiro atoms. The van der Waals surface area contributed by atoms with Crippen molar-refractivity contribution in [2.75, 3.05) is 29.6 Å². The quantitative estimate of drug-likeness (QED) is 0.263. The van der Waals surface area contributed by atoms with E-state index in [-0.39, 0.29) is 12.3 Å². The van der Waals surface area contributed by atoms with Crippen molar-refractivity contribution in [1.82, 2.24) is 5.32 Å². The molecule has 204 valence electrons. The van der Waals surface area contributed by atoms with Crippen LogP contribution in [0.3, 0.4) is 0 Å². The first kappa shape index (κ1) is 27.7. The number of hydrogen-bond acceptors (Lipinski definition) is 5. The third-order valence-corrected chi connectivity index (χ3v) is 6.95. The summed E-state index contributed by atoms with van der Waals surface area (Å²) < 4.78 is 5.47. The number of ether oxygens (including phenoxy) is 1. The molecule has 1 unspecified atom stereocenters. The fraction of sp³-hybridized carbons (Fsp3) is 0.300. The Hall–Kier alpha value is -4.37. The molecule has 1 atom stereocenters. The number of nitrogens with one attached hydrogen (secondary N) is 4. The Kier molecular flexibility index (Phi) is 8.83. The fourth-order valence-corrected chi connectivity index (χ4v) is 4.92. The van der Waals surface area contributed by atoms with Gasteiger partial charge in [0, 0.05) is 17.9 Å². The van der Waals surface area contributed by atoms with Crippen LogP contribution in [0.1, 0.15) is 47.1 Å². The van der Waals surface area contributed by atoms with Gasteiger partial charge >= 0.3 is 12.0 Å². The number of aryl methyl sites for hydroxylation is 1. The molecule has 9 heteroatoms. The van der Waals surface area contributed by atoms with Crippen molar-refractivity contribution in [3.05, 3.63) is 82.4 Å². The number of carbonyl (C=O) groups is 3. The first-order chi connectivity index (χ1) is 18.8. The van der Waals surface area contributed by atoms with Gasteiger partial charge in [-0.15, -0.1) is 0 Å². The van der Waals surface area contributed by atoms with Gasteiger partial charge in [-0.1, -0.05) is 37.3 Å². The van der Waals surface area contributed by atoms with Crippen LogP contribution in [0, 0.1) is 6.92 Å². The monoisotopic (exact) mass is 530 g/mol. The molecule has 0 aromatic heterocycles. The zero-order valence-corrected chi connectivity index (χ0v) is 22.4. The van der Waals surface area contributed by atoms with Gasteiger partial charge < -0.3 is 31.1 Å². The Morgan fingerprint density at radius 2 is 1.72 bits per heavy atom. The maximum Gasteiger partial charge on any atom is 0.323 e. The Morgan fingerprint density at radius 3 is 2.44 bits per heavy atom. The highest BCUT2D eigenvalue weighted by atomic mass is 16.5. The van der Waals surface area contributed by atoms with Crippen LogP contribution in [0.25, 0.3) is 0 Å². The van der Waals surface area contributed by atoms with Crippen molar-refractivity contribution >= 4 is 35.0 Å². The topological polar surface area (TPSA) is 129 Å². The molecule has 3 amide bonds. The summed E-state index contributed by atoms with van der Waals surface area (Å²) in [5, 5.41) is 21.6. The second-order valence-corrected chi connectivity index (χ2v) is 9.54. The normalized spacial score (nSPS) is 13.1. The zero-order valence-electron chi connectivity index (χ0n) is 22.4. The van der Waals surface area contributed by atoms with Crippen molar-refractivity contribution in [2.45, 2.75) is 45.6 Å². The number of urea groups is 1. The number of amides is 3. The number of fused-ring (bicyclic) bond motifs is 1. The standard InChI is InChI=1S/C30H34N4O5/c1-4-20(29(36)37)21-10-12-25(22-13-14-31-17-23(21)22)32-28(35)16-19-9-11-26(27(15-19)39-3)34-30(38)33-24-8-6-5-7-18(24)2/h5-12,15,20,31H,4,13-14,16-17H2,1-3H3,(H,32,35)(H,36,37)(H2,33,34,38). The average molecular weight is 531 g/mol. The minimum Gasteiger partial charge on any atom is -0.495 e. The van der Waals surface area contributed by atoms with E-state index >= 15 is 0 Å². The smallest absolute Gasteiger partial charge is 0.323 e. The molecule has 0 bridgehead atoms. The predicted octanol–water partition coefficient (Wildman–Crippen LogP) is 5.05. The van der Waals surface area contributed by atoms with Gasteiger partial charge in [-0.05, 0) is 78.4 Å².